The average molecular weight is 290 g/mol. The lowest BCUT2D eigenvalue weighted by atomic mass is 10.2. The first-order valence-corrected chi connectivity index (χ1v) is 7.26. The van der Waals surface area contributed by atoms with E-state index in [2.05, 4.69) is 15.5 Å². The van der Waals surface area contributed by atoms with Gasteiger partial charge in [-0.3, -0.25) is 4.79 Å². The topological polar surface area (TPSA) is 73.0 Å². The van der Waals surface area contributed by atoms with Crippen LogP contribution in [0.4, 0.5) is 0 Å². The molecular formula is C15H22N4O2. The Morgan fingerprint density at radius 3 is 2.76 bits per heavy atom. The van der Waals surface area contributed by atoms with Gasteiger partial charge < -0.3 is 14.4 Å². The molecule has 0 fully saturated rings. The maximum absolute atomic E-state index is 12.1. The number of nitrogens with zero attached hydrogens (tertiary/aromatic N) is 3. The Morgan fingerprint density at radius 2 is 2.14 bits per heavy atom. The van der Waals surface area contributed by atoms with Gasteiger partial charge in [0, 0.05) is 31.1 Å². The van der Waals surface area contributed by atoms with E-state index < -0.39 is 0 Å². The van der Waals surface area contributed by atoms with Gasteiger partial charge in [0.15, 0.2) is 5.82 Å². The lowest BCUT2D eigenvalue weighted by Crippen LogP contribution is -2.28. The van der Waals surface area contributed by atoms with E-state index in [0.717, 1.165) is 0 Å². The van der Waals surface area contributed by atoms with E-state index in [4.69, 9.17) is 4.52 Å². The molecule has 2 aromatic rings. The molecule has 0 atom stereocenters. The second kappa shape index (κ2) is 6.56. The molecule has 1 amide bonds. The Bertz CT molecular complexity index is 598. The largest absolute Gasteiger partial charge is 0.350 e. The van der Waals surface area contributed by atoms with Crippen LogP contribution in [0, 0.1) is 0 Å². The summed E-state index contributed by atoms with van der Waals surface area (Å²) < 4.78 is 7.09. The lowest BCUT2D eigenvalue weighted by molar-refractivity contribution is 0.0942. The molecule has 2 heterocycles. The van der Waals surface area contributed by atoms with Crippen molar-refractivity contribution in [2.75, 3.05) is 6.54 Å². The van der Waals surface area contributed by atoms with Crippen LogP contribution in [-0.4, -0.2) is 27.2 Å². The molecule has 0 saturated heterocycles. The zero-order valence-corrected chi connectivity index (χ0v) is 13.0. The first-order valence-electron chi connectivity index (χ1n) is 7.26. The minimum absolute atomic E-state index is 0.0858. The van der Waals surface area contributed by atoms with Crippen molar-refractivity contribution < 1.29 is 9.32 Å². The number of rotatable bonds is 6. The number of nitrogens with one attached hydrogen (secondary N) is 1. The first kappa shape index (κ1) is 15.3. The number of amides is 1. The van der Waals surface area contributed by atoms with E-state index in [1.165, 1.54) is 0 Å². The van der Waals surface area contributed by atoms with Crippen LogP contribution in [-0.2, 0) is 6.42 Å². The second-order valence-corrected chi connectivity index (χ2v) is 5.60. The molecule has 0 aliphatic carbocycles. The highest BCUT2D eigenvalue weighted by molar-refractivity contribution is 5.92. The highest BCUT2D eigenvalue weighted by Gasteiger charge is 2.13. The molecule has 21 heavy (non-hydrogen) atoms. The van der Waals surface area contributed by atoms with Gasteiger partial charge in [0.05, 0.1) is 0 Å². The molecular weight excluding hydrogens is 268 g/mol. The summed E-state index contributed by atoms with van der Waals surface area (Å²) in [6.07, 6.45) is 2.44. The predicted octanol–water partition coefficient (Wildman–Crippen LogP) is 2.55. The molecule has 1 N–H and O–H groups in total. The van der Waals surface area contributed by atoms with Crippen LogP contribution in [0.25, 0.3) is 0 Å². The number of carbonyl (C=O) groups excluding carboxylic acids is 1. The van der Waals surface area contributed by atoms with E-state index in [-0.39, 0.29) is 17.9 Å². The van der Waals surface area contributed by atoms with Crippen molar-refractivity contribution in [2.45, 2.75) is 46.1 Å². The van der Waals surface area contributed by atoms with Gasteiger partial charge in [-0.15, -0.1) is 0 Å². The molecule has 6 nitrogen and oxygen atoms in total. The minimum Gasteiger partial charge on any atom is -0.350 e. The van der Waals surface area contributed by atoms with Gasteiger partial charge in [0.2, 0.25) is 5.89 Å². The van der Waals surface area contributed by atoms with E-state index in [1.54, 1.807) is 0 Å². The quantitative estimate of drug-likeness (QED) is 0.887. The van der Waals surface area contributed by atoms with Crippen LogP contribution in [0.15, 0.2) is 22.9 Å². The van der Waals surface area contributed by atoms with Crippen LogP contribution >= 0.6 is 0 Å². The fraction of sp³-hybridized carbons (Fsp3) is 0.533. The monoisotopic (exact) mass is 290 g/mol. The second-order valence-electron chi connectivity index (χ2n) is 5.60. The van der Waals surface area contributed by atoms with Gasteiger partial charge in [-0.1, -0.05) is 19.0 Å². The van der Waals surface area contributed by atoms with Gasteiger partial charge in [0.25, 0.3) is 5.91 Å². The van der Waals surface area contributed by atoms with Gasteiger partial charge in [-0.25, -0.2) is 0 Å². The Kier molecular flexibility index (Phi) is 4.77. The Hall–Kier alpha value is -2.11. The minimum atomic E-state index is -0.0858. The number of hydrogen-bond acceptors (Lipinski definition) is 4. The van der Waals surface area contributed by atoms with Crippen LogP contribution in [0.3, 0.4) is 0 Å². The van der Waals surface area contributed by atoms with Crippen LogP contribution in [0.1, 0.15) is 61.9 Å². The molecule has 2 aromatic heterocycles. The zero-order valence-electron chi connectivity index (χ0n) is 13.0. The van der Waals surface area contributed by atoms with Crippen LogP contribution in [0.5, 0.6) is 0 Å². The summed E-state index contributed by atoms with van der Waals surface area (Å²) in [6, 6.07) is 3.95. The summed E-state index contributed by atoms with van der Waals surface area (Å²) >= 11 is 0. The van der Waals surface area contributed by atoms with Crippen LogP contribution in [0.2, 0.25) is 0 Å². The van der Waals surface area contributed by atoms with Crippen molar-refractivity contribution in [3.8, 4) is 0 Å². The van der Waals surface area contributed by atoms with E-state index in [0.29, 0.717) is 30.4 Å². The SMILES string of the molecule is CC(C)c1noc(CCNC(=O)c2cccn2C(C)C)n1. The third kappa shape index (κ3) is 3.71. The smallest absolute Gasteiger partial charge is 0.267 e. The van der Waals surface area contributed by atoms with Crippen molar-refractivity contribution in [1.82, 2.24) is 20.0 Å². The summed E-state index contributed by atoms with van der Waals surface area (Å²) in [6.45, 7) is 8.58. The maximum Gasteiger partial charge on any atom is 0.267 e. The van der Waals surface area contributed by atoms with E-state index >= 15 is 0 Å². The van der Waals surface area contributed by atoms with E-state index in [9.17, 15) is 4.79 Å². The third-order valence-electron chi connectivity index (χ3n) is 3.19. The summed E-state index contributed by atoms with van der Waals surface area (Å²) in [7, 11) is 0. The van der Waals surface area contributed by atoms with Crippen molar-refractivity contribution in [3.05, 3.63) is 35.7 Å². The number of carbonyl (C=O) groups is 1. The van der Waals surface area contributed by atoms with Gasteiger partial charge in [-0.2, -0.15) is 4.98 Å². The highest BCUT2D eigenvalue weighted by Crippen LogP contribution is 2.11. The normalized spacial score (nSPS) is 11.3. The summed E-state index contributed by atoms with van der Waals surface area (Å²) in [5, 5.41) is 6.78. The fourth-order valence-electron chi connectivity index (χ4n) is 2.01. The van der Waals surface area contributed by atoms with Gasteiger partial charge in [0.1, 0.15) is 5.69 Å². The van der Waals surface area contributed by atoms with Crippen molar-refractivity contribution >= 4 is 5.91 Å². The van der Waals surface area contributed by atoms with Gasteiger partial charge >= 0.3 is 0 Å². The molecule has 0 radical (unpaired) electrons. The zero-order chi connectivity index (χ0) is 15.4. The fourth-order valence-corrected chi connectivity index (χ4v) is 2.01. The molecule has 0 aliphatic heterocycles. The molecule has 114 valence electrons. The first-order chi connectivity index (χ1) is 9.99. The highest BCUT2D eigenvalue weighted by atomic mass is 16.5. The van der Waals surface area contributed by atoms with E-state index in [1.807, 2.05) is 50.6 Å². The third-order valence-corrected chi connectivity index (χ3v) is 3.19. The lowest BCUT2D eigenvalue weighted by Gasteiger charge is -2.12. The van der Waals surface area contributed by atoms with Crippen molar-refractivity contribution in [2.24, 2.45) is 0 Å². The molecule has 0 bridgehead atoms. The maximum atomic E-state index is 12.1. The Labute approximate surface area is 124 Å². The summed E-state index contributed by atoms with van der Waals surface area (Å²) in [4.78, 5) is 16.4. The molecule has 0 spiro atoms. The number of aromatic nitrogens is 3. The van der Waals surface area contributed by atoms with Gasteiger partial charge in [-0.05, 0) is 26.0 Å². The Balaban J connectivity index is 1.88. The van der Waals surface area contributed by atoms with Crippen molar-refractivity contribution in [3.63, 3.8) is 0 Å². The summed E-state index contributed by atoms with van der Waals surface area (Å²) in [5.41, 5.74) is 0.665. The Morgan fingerprint density at radius 1 is 1.38 bits per heavy atom. The molecule has 0 aliphatic rings. The number of hydrogen-bond donors (Lipinski definition) is 1. The van der Waals surface area contributed by atoms with Crippen molar-refractivity contribution in [1.29, 1.82) is 0 Å². The molecule has 0 aromatic carbocycles. The predicted molar refractivity (Wildman–Crippen MR) is 79.2 cm³/mol. The molecule has 0 unspecified atom stereocenters. The molecule has 0 saturated carbocycles. The average Bonchev–Trinajstić information content (AvgIpc) is 3.07. The standard InChI is InChI=1S/C15H22N4O2/c1-10(2)14-17-13(21-18-14)7-8-16-15(20)12-6-5-9-19(12)11(3)4/h5-6,9-11H,7-8H2,1-4H3,(H,16,20). The van der Waals surface area contributed by atoms with Crippen LogP contribution < -0.4 is 5.32 Å². The summed E-state index contributed by atoms with van der Waals surface area (Å²) in [5.74, 6) is 1.41. The molecule has 6 heteroatoms. The molecule has 2 rings (SSSR count).